The van der Waals surface area contributed by atoms with Gasteiger partial charge in [0.1, 0.15) is 0 Å². The first-order chi connectivity index (χ1) is 22.3. The first kappa shape index (κ1) is 40.0. The van der Waals surface area contributed by atoms with Crippen LogP contribution >= 0.6 is 0 Å². The van der Waals surface area contributed by atoms with Gasteiger partial charge in [-0.2, -0.15) is 0 Å². The number of methoxy groups -OCH3 is 2. The second-order valence-electron chi connectivity index (χ2n) is 14.3. The molecule has 2 aromatic rings. The third-order valence-corrected chi connectivity index (χ3v) is 8.84. The Morgan fingerprint density at radius 2 is 1.55 bits per heavy atom. The Morgan fingerprint density at radius 3 is 2.17 bits per heavy atom. The lowest BCUT2D eigenvalue weighted by Gasteiger charge is -2.31. The molecule has 0 spiro atoms. The molecule has 0 saturated heterocycles. The predicted molar refractivity (Wildman–Crippen MR) is 189 cm³/mol. The van der Waals surface area contributed by atoms with Gasteiger partial charge in [0, 0.05) is 45.2 Å². The van der Waals surface area contributed by atoms with Crippen molar-refractivity contribution in [2.75, 3.05) is 40.5 Å². The number of nitrogens with two attached hydrogens (primary N) is 1. The molecule has 0 fully saturated rings. The predicted octanol–water partition coefficient (Wildman–Crippen LogP) is 5.17. The van der Waals surface area contributed by atoms with Gasteiger partial charge in [0.05, 0.1) is 26.2 Å². The molecule has 5 N–H and O–H groups in total. The molecule has 2 rings (SSSR count). The maximum absolute atomic E-state index is 13.4. The van der Waals surface area contributed by atoms with Crippen molar-refractivity contribution < 1.29 is 28.9 Å². The molecule has 0 bridgehead atoms. The summed E-state index contributed by atoms with van der Waals surface area (Å²) in [5.74, 6) is 1.42. The molecule has 0 aliphatic carbocycles. The molecule has 0 aliphatic rings. The second-order valence-corrected chi connectivity index (χ2v) is 14.3. The van der Waals surface area contributed by atoms with Crippen molar-refractivity contribution in [1.29, 1.82) is 0 Å². The molecule has 0 unspecified atom stereocenters. The van der Waals surface area contributed by atoms with Crippen molar-refractivity contribution in [1.82, 2.24) is 10.6 Å². The first-order valence-electron chi connectivity index (χ1n) is 17.1. The number of hydrogen-bond acceptors (Lipinski definition) is 7. The van der Waals surface area contributed by atoms with Gasteiger partial charge in [-0.15, -0.1) is 0 Å². The van der Waals surface area contributed by atoms with Crippen molar-refractivity contribution >= 4 is 11.8 Å². The van der Waals surface area contributed by atoms with E-state index in [9.17, 15) is 14.7 Å². The average Bonchev–Trinajstić information content (AvgIpc) is 3.03. The number of nitrogens with one attached hydrogen (secondary N) is 2. The van der Waals surface area contributed by atoms with E-state index < -0.39 is 18.1 Å². The Balaban J connectivity index is 1.94. The Hall–Kier alpha value is -3.14. The second kappa shape index (κ2) is 20.3. The van der Waals surface area contributed by atoms with E-state index in [-0.39, 0.29) is 35.5 Å². The number of carbonyl (C=O) groups is 2. The maximum atomic E-state index is 13.4. The first-order valence-corrected chi connectivity index (χ1v) is 17.1. The van der Waals surface area contributed by atoms with Crippen LogP contribution in [0.4, 0.5) is 0 Å². The molecule has 9 heteroatoms. The van der Waals surface area contributed by atoms with Gasteiger partial charge in [0.25, 0.3) is 0 Å². The molecule has 0 heterocycles. The molecule has 0 radical (unpaired) electrons. The van der Waals surface area contributed by atoms with Crippen LogP contribution in [0.2, 0.25) is 0 Å². The molecule has 2 aromatic carbocycles. The topological polar surface area (TPSA) is 132 Å². The monoisotopic (exact) mass is 655 g/mol. The zero-order valence-corrected chi connectivity index (χ0v) is 30.0. The fraction of sp³-hybridized carbons (Fsp3) is 0.632. The minimum absolute atomic E-state index is 0.0213. The van der Waals surface area contributed by atoms with Crippen molar-refractivity contribution in [3.8, 4) is 11.5 Å². The molecule has 264 valence electrons. The van der Waals surface area contributed by atoms with E-state index in [0.29, 0.717) is 56.6 Å². The third-order valence-electron chi connectivity index (χ3n) is 8.84. The largest absolute Gasteiger partial charge is 0.493 e. The standard InChI is InChI=1S/C38H61N3O6/c1-26(2)30(19-29-15-16-34(46-8)35(20-29)47-18-12-17-45-7)22-32(39)33(42)23-31(27(3)4)37(44)41-25-38(5,6)24-40-36(43)21-28-13-10-9-11-14-28/h9-11,13-16,20,26-27,30-33,42H,12,17-19,21-25,39H2,1-8H3,(H,40,43)(H,41,44)/t30-,31-,32-,33-/m0/s1. The highest BCUT2D eigenvalue weighted by Crippen LogP contribution is 2.32. The van der Waals surface area contributed by atoms with Gasteiger partial charge in [-0.1, -0.05) is 77.9 Å². The summed E-state index contributed by atoms with van der Waals surface area (Å²) in [7, 11) is 3.31. The Bertz CT molecular complexity index is 1200. The van der Waals surface area contributed by atoms with E-state index in [1.807, 2.05) is 76.2 Å². The number of carbonyl (C=O) groups excluding carboxylic acids is 2. The van der Waals surface area contributed by atoms with Crippen molar-refractivity contribution in [3.63, 3.8) is 0 Å². The van der Waals surface area contributed by atoms with Crippen molar-refractivity contribution in [2.45, 2.75) is 85.8 Å². The number of aliphatic hydroxyl groups is 1. The Morgan fingerprint density at radius 1 is 0.872 bits per heavy atom. The summed E-state index contributed by atoms with van der Waals surface area (Å²) < 4.78 is 16.6. The van der Waals surface area contributed by atoms with Crippen molar-refractivity contribution in [3.05, 3.63) is 59.7 Å². The number of benzene rings is 2. The van der Waals surface area contributed by atoms with Crippen LogP contribution in [0.25, 0.3) is 0 Å². The van der Waals surface area contributed by atoms with E-state index in [4.69, 9.17) is 19.9 Å². The van der Waals surface area contributed by atoms with Crippen LogP contribution in [0.3, 0.4) is 0 Å². The lowest BCUT2D eigenvalue weighted by Crippen LogP contribution is -2.46. The van der Waals surface area contributed by atoms with Crippen molar-refractivity contribution in [2.24, 2.45) is 34.8 Å². The minimum Gasteiger partial charge on any atom is -0.493 e. The van der Waals surface area contributed by atoms with E-state index in [1.165, 1.54) is 0 Å². The quantitative estimate of drug-likeness (QED) is 0.129. The van der Waals surface area contributed by atoms with Gasteiger partial charge in [-0.3, -0.25) is 9.59 Å². The van der Waals surface area contributed by atoms with E-state index in [2.05, 4.69) is 24.5 Å². The Labute approximate surface area is 283 Å². The van der Waals surface area contributed by atoms with E-state index in [1.54, 1.807) is 14.2 Å². The van der Waals surface area contributed by atoms with Crippen LogP contribution in [0.1, 0.15) is 71.9 Å². The maximum Gasteiger partial charge on any atom is 0.224 e. The van der Waals surface area contributed by atoms with Gasteiger partial charge >= 0.3 is 0 Å². The highest BCUT2D eigenvalue weighted by molar-refractivity contribution is 5.79. The van der Waals surface area contributed by atoms with Crippen LogP contribution in [0.5, 0.6) is 11.5 Å². The summed E-state index contributed by atoms with van der Waals surface area (Å²) >= 11 is 0. The summed E-state index contributed by atoms with van der Waals surface area (Å²) in [6.07, 6.45) is 1.96. The number of rotatable bonds is 22. The molecule has 2 amide bonds. The summed E-state index contributed by atoms with van der Waals surface area (Å²) in [4.78, 5) is 25.8. The minimum atomic E-state index is -0.824. The van der Waals surface area contributed by atoms with E-state index >= 15 is 0 Å². The fourth-order valence-electron chi connectivity index (χ4n) is 5.57. The van der Waals surface area contributed by atoms with Gasteiger partial charge in [0.15, 0.2) is 11.5 Å². The smallest absolute Gasteiger partial charge is 0.224 e. The number of amides is 2. The molecular formula is C38H61N3O6. The lowest BCUT2D eigenvalue weighted by atomic mass is 9.80. The summed E-state index contributed by atoms with van der Waals surface area (Å²) in [6, 6.07) is 15.1. The normalized spacial score (nSPS) is 14.4. The molecule has 4 atom stereocenters. The highest BCUT2D eigenvalue weighted by atomic mass is 16.5. The molecule has 9 nitrogen and oxygen atoms in total. The van der Waals surface area contributed by atoms with Gasteiger partial charge in [0.2, 0.25) is 11.8 Å². The Kier molecular flexibility index (Phi) is 17.3. The zero-order chi connectivity index (χ0) is 35.0. The molecule has 0 aromatic heterocycles. The van der Waals surface area contributed by atoms with Crippen LogP contribution < -0.4 is 25.8 Å². The molecule has 0 saturated carbocycles. The van der Waals surface area contributed by atoms with Crippen LogP contribution in [0.15, 0.2) is 48.5 Å². The fourth-order valence-corrected chi connectivity index (χ4v) is 5.57. The third kappa shape index (κ3) is 14.7. The highest BCUT2D eigenvalue weighted by Gasteiger charge is 2.31. The zero-order valence-electron chi connectivity index (χ0n) is 30.0. The molecule has 0 aliphatic heterocycles. The average molecular weight is 656 g/mol. The lowest BCUT2D eigenvalue weighted by molar-refractivity contribution is -0.128. The number of hydrogen-bond donors (Lipinski definition) is 4. The molecular weight excluding hydrogens is 594 g/mol. The van der Waals surface area contributed by atoms with Gasteiger partial charge < -0.3 is 35.7 Å². The SMILES string of the molecule is COCCCOc1cc(C[C@@H](C[C@H](N)[C@@H](O)C[C@H](C(=O)NCC(C)(C)CNC(=O)Cc2ccccc2)C(C)C)C(C)C)ccc1OC. The van der Waals surface area contributed by atoms with Gasteiger partial charge in [-0.25, -0.2) is 0 Å². The molecule has 47 heavy (non-hydrogen) atoms. The summed E-state index contributed by atoms with van der Waals surface area (Å²) in [5.41, 5.74) is 8.34. The van der Waals surface area contributed by atoms with E-state index in [0.717, 1.165) is 24.0 Å². The van der Waals surface area contributed by atoms with Gasteiger partial charge in [-0.05, 0) is 65.7 Å². The summed E-state index contributed by atoms with van der Waals surface area (Å²) in [5, 5.41) is 17.3. The number of aliphatic hydroxyl groups excluding tert-OH is 1. The number of ether oxygens (including phenoxy) is 3. The van der Waals surface area contributed by atoms with Crippen LogP contribution in [-0.4, -0.2) is 69.6 Å². The van der Waals surface area contributed by atoms with Crippen LogP contribution in [-0.2, 0) is 27.2 Å². The van der Waals surface area contributed by atoms with Crippen LogP contribution in [0, 0.1) is 29.1 Å². The summed E-state index contributed by atoms with van der Waals surface area (Å²) in [6.45, 7) is 14.4.